The van der Waals surface area contributed by atoms with Crippen molar-refractivity contribution >= 4 is 18.0 Å². The Labute approximate surface area is 119 Å². The third-order valence-corrected chi connectivity index (χ3v) is 2.54. The summed E-state index contributed by atoms with van der Waals surface area (Å²) in [7, 11) is 1.26. The first-order chi connectivity index (χ1) is 9.92. The van der Waals surface area contributed by atoms with Crippen LogP contribution in [0.1, 0.15) is 17.5 Å². The number of esters is 1. The Morgan fingerprint density at radius 2 is 2.10 bits per heavy atom. The van der Waals surface area contributed by atoms with E-state index in [2.05, 4.69) is 9.47 Å². The van der Waals surface area contributed by atoms with E-state index in [0.717, 1.165) is 12.2 Å². The highest BCUT2D eigenvalue weighted by molar-refractivity contribution is 5.85. The van der Waals surface area contributed by atoms with Gasteiger partial charge < -0.3 is 14.6 Å². The van der Waals surface area contributed by atoms with Crippen LogP contribution in [0.3, 0.4) is 0 Å². The second kappa shape index (κ2) is 7.98. The molecule has 0 fully saturated rings. The quantitative estimate of drug-likeness (QED) is 0.618. The molecule has 5 nitrogen and oxygen atoms in total. The van der Waals surface area contributed by atoms with Gasteiger partial charge in [-0.15, -0.1) is 0 Å². The third-order valence-electron chi connectivity index (χ3n) is 2.54. The first-order valence-corrected chi connectivity index (χ1v) is 5.98. The summed E-state index contributed by atoms with van der Waals surface area (Å²) in [6.07, 6.45) is 2.38. The molecule has 0 aromatic heterocycles. The number of benzene rings is 1. The SMILES string of the molecule is COC(=O)CCc1ccc(/C=C/C(=O)O)c(OC(F)F)c1. The zero-order chi connectivity index (χ0) is 15.8. The maximum atomic E-state index is 12.4. The molecule has 0 unspecified atom stereocenters. The van der Waals surface area contributed by atoms with Gasteiger partial charge in [0.15, 0.2) is 0 Å². The molecule has 0 heterocycles. The zero-order valence-electron chi connectivity index (χ0n) is 11.2. The summed E-state index contributed by atoms with van der Waals surface area (Å²) < 4.78 is 33.6. The highest BCUT2D eigenvalue weighted by Crippen LogP contribution is 2.24. The molecule has 0 aliphatic carbocycles. The first kappa shape index (κ1) is 16.6. The molecule has 21 heavy (non-hydrogen) atoms. The summed E-state index contributed by atoms with van der Waals surface area (Å²) >= 11 is 0. The number of alkyl halides is 2. The molecule has 0 bridgehead atoms. The molecule has 1 rings (SSSR count). The van der Waals surface area contributed by atoms with Gasteiger partial charge in [-0.3, -0.25) is 4.79 Å². The summed E-state index contributed by atoms with van der Waals surface area (Å²) in [5.41, 5.74) is 0.808. The molecular weight excluding hydrogens is 286 g/mol. The number of rotatable bonds is 7. The van der Waals surface area contributed by atoms with Crippen LogP contribution < -0.4 is 4.74 Å². The lowest BCUT2D eigenvalue weighted by Gasteiger charge is -2.10. The van der Waals surface area contributed by atoms with E-state index in [0.29, 0.717) is 12.0 Å². The van der Waals surface area contributed by atoms with Crippen molar-refractivity contribution < 1.29 is 33.0 Å². The molecule has 114 valence electrons. The van der Waals surface area contributed by atoms with Gasteiger partial charge in [-0.1, -0.05) is 12.1 Å². The van der Waals surface area contributed by atoms with E-state index in [1.807, 2.05) is 0 Å². The number of methoxy groups -OCH3 is 1. The van der Waals surface area contributed by atoms with Crippen molar-refractivity contribution in [3.63, 3.8) is 0 Å². The summed E-state index contributed by atoms with van der Waals surface area (Å²) in [6, 6.07) is 4.39. The average Bonchev–Trinajstić information content (AvgIpc) is 2.42. The minimum absolute atomic E-state index is 0.106. The monoisotopic (exact) mass is 300 g/mol. The van der Waals surface area contributed by atoms with E-state index >= 15 is 0 Å². The number of aryl methyl sites for hydroxylation is 1. The van der Waals surface area contributed by atoms with Gasteiger partial charge in [0.1, 0.15) is 5.75 Å². The lowest BCUT2D eigenvalue weighted by atomic mass is 10.1. The van der Waals surface area contributed by atoms with Gasteiger partial charge in [-0.2, -0.15) is 8.78 Å². The summed E-state index contributed by atoms with van der Waals surface area (Å²) in [4.78, 5) is 21.5. The van der Waals surface area contributed by atoms with Gasteiger partial charge in [0.25, 0.3) is 0 Å². The number of hydrogen-bond donors (Lipinski definition) is 1. The molecule has 0 amide bonds. The highest BCUT2D eigenvalue weighted by atomic mass is 19.3. The molecular formula is C14H14F2O5. The molecule has 0 radical (unpaired) electrons. The Bertz CT molecular complexity index is 540. The van der Waals surface area contributed by atoms with Crippen LogP contribution in [0.4, 0.5) is 8.78 Å². The van der Waals surface area contributed by atoms with Gasteiger partial charge >= 0.3 is 18.6 Å². The highest BCUT2D eigenvalue weighted by Gasteiger charge is 2.10. The molecule has 0 atom stereocenters. The van der Waals surface area contributed by atoms with E-state index in [-0.39, 0.29) is 17.7 Å². The van der Waals surface area contributed by atoms with E-state index in [9.17, 15) is 18.4 Å². The topological polar surface area (TPSA) is 72.8 Å². The first-order valence-electron chi connectivity index (χ1n) is 5.98. The smallest absolute Gasteiger partial charge is 0.387 e. The number of carboxylic acids is 1. The van der Waals surface area contributed by atoms with Crippen molar-refractivity contribution in [2.75, 3.05) is 7.11 Å². The van der Waals surface area contributed by atoms with Gasteiger partial charge in [-0.25, -0.2) is 4.79 Å². The average molecular weight is 300 g/mol. The van der Waals surface area contributed by atoms with Crippen LogP contribution in [0, 0.1) is 0 Å². The van der Waals surface area contributed by atoms with E-state index in [1.54, 1.807) is 6.07 Å². The second-order valence-electron chi connectivity index (χ2n) is 4.00. The number of carbonyl (C=O) groups is 2. The molecule has 0 aliphatic rings. The van der Waals surface area contributed by atoms with Crippen LogP contribution in [0.5, 0.6) is 5.75 Å². The molecule has 0 saturated carbocycles. The van der Waals surface area contributed by atoms with Crippen LogP contribution >= 0.6 is 0 Å². The van der Waals surface area contributed by atoms with Crippen LogP contribution in [0.15, 0.2) is 24.3 Å². The molecule has 0 aliphatic heterocycles. The lowest BCUT2D eigenvalue weighted by Crippen LogP contribution is -2.05. The van der Waals surface area contributed by atoms with E-state index in [4.69, 9.17) is 5.11 Å². The molecule has 1 aromatic carbocycles. The Morgan fingerprint density at radius 3 is 2.67 bits per heavy atom. The molecule has 1 N–H and O–H groups in total. The van der Waals surface area contributed by atoms with Gasteiger partial charge in [0.2, 0.25) is 0 Å². The van der Waals surface area contributed by atoms with Crippen molar-refractivity contribution in [1.29, 1.82) is 0 Å². The van der Waals surface area contributed by atoms with E-state index in [1.165, 1.54) is 19.2 Å². The Hall–Kier alpha value is -2.44. The Morgan fingerprint density at radius 1 is 1.38 bits per heavy atom. The number of carboxylic acid groups (broad SMARTS) is 1. The molecule has 1 aromatic rings. The van der Waals surface area contributed by atoms with Gasteiger partial charge in [-0.05, 0) is 24.1 Å². The number of halogens is 2. The standard InChI is InChI=1S/C14H14F2O5/c1-20-13(19)7-3-9-2-4-10(5-6-12(17)18)11(8-9)21-14(15)16/h2,4-6,8,14H,3,7H2,1H3,(H,17,18)/b6-5+. The number of ether oxygens (including phenoxy) is 2. The van der Waals surface area contributed by atoms with E-state index < -0.39 is 18.6 Å². The summed E-state index contributed by atoms with van der Waals surface area (Å²) in [6.45, 7) is -3.03. The van der Waals surface area contributed by atoms with Crippen molar-refractivity contribution in [2.45, 2.75) is 19.5 Å². The third kappa shape index (κ3) is 6.03. The molecule has 0 saturated heterocycles. The molecule has 7 heteroatoms. The van der Waals surface area contributed by atoms with Crippen LogP contribution in [0.2, 0.25) is 0 Å². The van der Waals surface area contributed by atoms with Crippen molar-refractivity contribution in [2.24, 2.45) is 0 Å². The van der Waals surface area contributed by atoms with Crippen LogP contribution in [0.25, 0.3) is 6.08 Å². The fraction of sp³-hybridized carbons (Fsp3) is 0.286. The fourth-order valence-electron chi connectivity index (χ4n) is 1.58. The Balaban J connectivity index is 2.95. The number of aliphatic carboxylic acids is 1. The summed E-state index contributed by atoms with van der Waals surface area (Å²) in [5, 5.41) is 8.55. The van der Waals surface area contributed by atoms with Crippen molar-refractivity contribution in [3.05, 3.63) is 35.4 Å². The predicted molar refractivity (Wildman–Crippen MR) is 70.1 cm³/mol. The predicted octanol–water partition coefficient (Wildman–Crippen LogP) is 2.49. The van der Waals surface area contributed by atoms with Crippen LogP contribution in [-0.4, -0.2) is 30.8 Å². The van der Waals surface area contributed by atoms with Crippen molar-refractivity contribution in [3.8, 4) is 5.75 Å². The van der Waals surface area contributed by atoms with Crippen molar-refractivity contribution in [1.82, 2.24) is 0 Å². The minimum atomic E-state index is -3.03. The maximum Gasteiger partial charge on any atom is 0.387 e. The number of hydrogen-bond acceptors (Lipinski definition) is 4. The second-order valence-corrected chi connectivity index (χ2v) is 4.00. The molecule has 0 spiro atoms. The number of carbonyl (C=O) groups excluding carboxylic acids is 1. The van der Waals surface area contributed by atoms with Gasteiger partial charge in [0, 0.05) is 18.1 Å². The van der Waals surface area contributed by atoms with Gasteiger partial charge in [0.05, 0.1) is 7.11 Å². The normalized spacial score (nSPS) is 10.9. The maximum absolute atomic E-state index is 12.4. The lowest BCUT2D eigenvalue weighted by molar-refractivity contribution is -0.140. The summed E-state index contributed by atoms with van der Waals surface area (Å²) in [5.74, 6) is -1.76. The minimum Gasteiger partial charge on any atom is -0.478 e. The fourth-order valence-corrected chi connectivity index (χ4v) is 1.58. The Kier molecular flexibility index (Phi) is 6.32. The largest absolute Gasteiger partial charge is 0.478 e. The van der Waals surface area contributed by atoms with Crippen LogP contribution in [-0.2, 0) is 20.7 Å². The zero-order valence-corrected chi connectivity index (χ0v) is 11.2.